The first-order valence-electron chi connectivity index (χ1n) is 7.35. The van der Waals surface area contributed by atoms with Gasteiger partial charge in [-0.05, 0) is 70.0 Å². The summed E-state index contributed by atoms with van der Waals surface area (Å²) in [5, 5.41) is 8.41. The lowest BCUT2D eigenvalue weighted by Crippen LogP contribution is -1.95. The van der Waals surface area contributed by atoms with Crippen LogP contribution < -0.4 is 4.74 Å². The van der Waals surface area contributed by atoms with Crippen molar-refractivity contribution in [3.8, 4) is 11.6 Å². The number of carbonyl (C=O) groups excluding carboxylic acids is 1. The van der Waals surface area contributed by atoms with E-state index < -0.39 is 0 Å². The highest BCUT2D eigenvalue weighted by Crippen LogP contribution is 2.20. The molecule has 6 heteroatoms. The lowest BCUT2D eigenvalue weighted by atomic mass is 10.1. The van der Waals surface area contributed by atoms with Gasteiger partial charge in [0.05, 0.1) is 0 Å². The number of rotatable bonds is 5. The minimum Gasteiger partial charge on any atom is -0.438 e. The van der Waals surface area contributed by atoms with E-state index in [2.05, 4.69) is 26.1 Å². The summed E-state index contributed by atoms with van der Waals surface area (Å²) >= 11 is 9.05. The van der Waals surface area contributed by atoms with Gasteiger partial charge in [0.2, 0.25) is 5.88 Å². The van der Waals surface area contributed by atoms with Crippen molar-refractivity contribution in [2.24, 2.45) is 0 Å². The number of allylic oxidation sites excluding steroid dienone is 1. The molecule has 0 aliphatic carbocycles. The van der Waals surface area contributed by atoms with Crippen LogP contribution in [0.25, 0.3) is 6.08 Å². The minimum atomic E-state index is -0.0927. The number of ether oxygens (including phenoxy) is 1. The van der Waals surface area contributed by atoms with Crippen LogP contribution in [0.1, 0.15) is 15.9 Å². The summed E-state index contributed by atoms with van der Waals surface area (Å²) in [5.41, 5.74) is 1.48. The number of hydrogen-bond acceptors (Lipinski definition) is 4. The third-order valence-corrected chi connectivity index (χ3v) is 3.94. The Balaban J connectivity index is 1.65. The molecule has 0 aliphatic rings. The highest BCUT2D eigenvalue weighted by atomic mass is 79.9. The molecular formula is C19H12BrClN2O2. The molecule has 124 valence electrons. The molecule has 2 aromatic carbocycles. The number of hydrogen-bond donors (Lipinski definition) is 0. The van der Waals surface area contributed by atoms with E-state index in [-0.39, 0.29) is 5.78 Å². The maximum absolute atomic E-state index is 12.2. The maximum Gasteiger partial charge on any atom is 0.238 e. The Morgan fingerprint density at radius 3 is 2.32 bits per heavy atom. The van der Waals surface area contributed by atoms with Gasteiger partial charge in [-0.25, -0.2) is 0 Å². The van der Waals surface area contributed by atoms with Crippen molar-refractivity contribution in [3.63, 3.8) is 0 Å². The minimum absolute atomic E-state index is 0.0927. The molecule has 0 bridgehead atoms. The summed E-state index contributed by atoms with van der Waals surface area (Å²) in [7, 11) is 0. The van der Waals surface area contributed by atoms with Crippen molar-refractivity contribution in [2.45, 2.75) is 0 Å². The molecule has 0 amide bonds. The Kier molecular flexibility index (Phi) is 5.58. The Bertz CT molecular complexity index is 892. The summed E-state index contributed by atoms with van der Waals surface area (Å²) < 4.78 is 6.20. The second-order valence-electron chi connectivity index (χ2n) is 5.07. The van der Waals surface area contributed by atoms with Gasteiger partial charge in [-0.2, -0.15) is 0 Å². The molecular weight excluding hydrogens is 404 g/mol. The van der Waals surface area contributed by atoms with E-state index in [4.69, 9.17) is 16.3 Å². The molecule has 1 aromatic heterocycles. The van der Waals surface area contributed by atoms with E-state index in [1.54, 1.807) is 54.6 Å². The van der Waals surface area contributed by atoms with Crippen molar-refractivity contribution in [1.29, 1.82) is 0 Å². The molecule has 3 aromatic rings. The van der Waals surface area contributed by atoms with Crippen molar-refractivity contribution in [2.75, 3.05) is 0 Å². The van der Waals surface area contributed by atoms with Gasteiger partial charge in [0.25, 0.3) is 0 Å². The number of carbonyl (C=O) groups is 1. The third-order valence-electron chi connectivity index (χ3n) is 3.27. The summed E-state index contributed by atoms with van der Waals surface area (Å²) in [6.45, 7) is 0. The van der Waals surface area contributed by atoms with E-state index in [1.165, 1.54) is 6.08 Å². The molecule has 0 spiro atoms. The van der Waals surface area contributed by atoms with Gasteiger partial charge in [0, 0.05) is 16.7 Å². The van der Waals surface area contributed by atoms with Crippen LogP contribution in [-0.2, 0) is 0 Å². The molecule has 3 rings (SSSR count). The predicted octanol–water partition coefficient (Wildman–Crippen LogP) is 5.58. The van der Waals surface area contributed by atoms with Crippen molar-refractivity contribution < 1.29 is 9.53 Å². The molecule has 0 saturated carbocycles. The van der Waals surface area contributed by atoms with Crippen molar-refractivity contribution in [1.82, 2.24) is 10.2 Å². The first-order chi connectivity index (χ1) is 12.1. The van der Waals surface area contributed by atoms with Crippen LogP contribution in [0.2, 0.25) is 5.02 Å². The van der Waals surface area contributed by atoms with Gasteiger partial charge in [0.15, 0.2) is 5.78 Å². The number of nitrogens with zero attached hydrogens (tertiary/aromatic N) is 2. The quantitative estimate of drug-likeness (QED) is 0.403. The number of halogens is 2. The number of ketones is 1. The highest BCUT2D eigenvalue weighted by Gasteiger charge is 2.04. The topological polar surface area (TPSA) is 52.1 Å². The van der Waals surface area contributed by atoms with Crippen molar-refractivity contribution >= 4 is 39.4 Å². The fourth-order valence-electron chi connectivity index (χ4n) is 2.01. The summed E-state index contributed by atoms with van der Waals surface area (Å²) in [5.74, 6) is 0.865. The van der Waals surface area contributed by atoms with Crippen molar-refractivity contribution in [3.05, 3.63) is 87.5 Å². The SMILES string of the molecule is O=C(C=Cc1ccc(Cl)cc1)c1ccc(Oc2ccc(Br)nn2)cc1. The average Bonchev–Trinajstić information content (AvgIpc) is 2.63. The van der Waals surface area contributed by atoms with Crippen LogP contribution in [0.15, 0.2) is 71.3 Å². The van der Waals surface area contributed by atoms with Gasteiger partial charge >= 0.3 is 0 Å². The Morgan fingerprint density at radius 1 is 0.960 bits per heavy atom. The second kappa shape index (κ2) is 8.05. The zero-order chi connectivity index (χ0) is 17.6. The van der Waals surface area contributed by atoms with Crippen LogP contribution >= 0.6 is 27.5 Å². The van der Waals surface area contributed by atoms with Gasteiger partial charge in [-0.15, -0.1) is 10.2 Å². The van der Waals surface area contributed by atoms with Crippen LogP contribution in [0.3, 0.4) is 0 Å². The van der Waals surface area contributed by atoms with E-state index in [0.29, 0.717) is 26.8 Å². The van der Waals surface area contributed by atoms with Crippen LogP contribution in [0.4, 0.5) is 0 Å². The summed E-state index contributed by atoms with van der Waals surface area (Å²) in [4.78, 5) is 12.2. The van der Waals surface area contributed by atoms with Crippen LogP contribution in [0, 0.1) is 0 Å². The highest BCUT2D eigenvalue weighted by molar-refractivity contribution is 9.10. The second-order valence-corrected chi connectivity index (χ2v) is 6.32. The standard InChI is InChI=1S/C19H12BrClN2O2/c20-18-11-12-19(23-22-18)25-16-8-4-14(5-9-16)17(24)10-3-13-1-6-15(21)7-2-13/h1-12H. The zero-order valence-corrected chi connectivity index (χ0v) is 15.2. The van der Waals surface area contributed by atoms with E-state index in [0.717, 1.165) is 5.56 Å². The predicted molar refractivity (Wildman–Crippen MR) is 101 cm³/mol. The first kappa shape index (κ1) is 17.3. The number of benzene rings is 2. The fraction of sp³-hybridized carbons (Fsp3) is 0. The van der Waals surface area contributed by atoms with Gasteiger partial charge in [0.1, 0.15) is 10.4 Å². The number of aromatic nitrogens is 2. The molecule has 4 nitrogen and oxygen atoms in total. The fourth-order valence-corrected chi connectivity index (χ4v) is 2.35. The summed E-state index contributed by atoms with van der Waals surface area (Å²) in [6.07, 6.45) is 3.28. The molecule has 0 aliphatic heterocycles. The molecule has 0 atom stereocenters. The summed E-state index contributed by atoms with van der Waals surface area (Å²) in [6, 6.07) is 17.5. The van der Waals surface area contributed by atoms with Crippen LogP contribution in [0.5, 0.6) is 11.6 Å². The van der Waals surface area contributed by atoms with E-state index in [9.17, 15) is 4.79 Å². The molecule has 0 N–H and O–H groups in total. The van der Waals surface area contributed by atoms with Gasteiger partial charge in [-0.3, -0.25) is 4.79 Å². The Labute approximate surface area is 158 Å². The molecule has 0 unspecified atom stereocenters. The smallest absolute Gasteiger partial charge is 0.238 e. The normalized spacial score (nSPS) is 10.8. The first-order valence-corrected chi connectivity index (χ1v) is 8.52. The lowest BCUT2D eigenvalue weighted by molar-refractivity contribution is 0.104. The zero-order valence-electron chi connectivity index (χ0n) is 12.9. The lowest BCUT2D eigenvalue weighted by Gasteiger charge is -2.04. The largest absolute Gasteiger partial charge is 0.438 e. The molecule has 0 fully saturated rings. The van der Waals surface area contributed by atoms with Gasteiger partial charge < -0.3 is 4.74 Å². The Morgan fingerprint density at radius 2 is 1.68 bits per heavy atom. The van der Waals surface area contributed by atoms with E-state index in [1.807, 2.05) is 12.1 Å². The van der Waals surface area contributed by atoms with Gasteiger partial charge in [-0.1, -0.05) is 29.8 Å². The molecule has 0 saturated heterocycles. The molecule has 1 heterocycles. The maximum atomic E-state index is 12.2. The monoisotopic (exact) mass is 414 g/mol. The van der Waals surface area contributed by atoms with Crippen LogP contribution in [-0.4, -0.2) is 16.0 Å². The Hall–Kier alpha value is -2.50. The third kappa shape index (κ3) is 4.98. The molecule has 25 heavy (non-hydrogen) atoms. The average molecular weight is 416 g/mol. The van der Waals surface area contributed by atoms with E-state index >= 15 is 0 Å². The molecule has 0 radical (unpaired) electrons.